The molecule has 3 nitrogen and oxygen atoms in total. The number of halogens is 3. The van der Waals surface area contributed by atoms with Crippen LogP contribution in [0.2, 0.25) is 0 Å². The van der Waals surface area contributed by atoms with E-state index >= 15 is 0 Å². The highest BCUT2D eigenvalue weighted by Gasteiger charge is 2.30. The molecule has 0 aliphatic heterocycles. The fourth-order valence-corrected chi connectivity index (χ4v) is 1.64. The Hall–Kier alpha value is -1.56. The maximum atomic E-state index is 12.5. The molecule has 0 saturated heterocycles. The van der Waals surface area contributed by atoms with Gasteiger partial charge in [0.1, 0.15) is 0 Å². The van der Waals surface area contributed by atoms with E-state index in [1.54, 1.807) is 19.9 Å². The van der Waals surface area contributed by atoms with Gasteiger partial charge in [0.25, 0.3) is 0 Å². The maximum absolute atomic E-state index is 12.5. The first-order valence-corrected chi connectivity index (χ1v) is 5.73. The van der Waals surface area contributed by atoms with Crippen LogP contribution in [-0.2, 0) is 17.5 Å². The van der Waals surface area contributed by atoms with Crippen molar-refractivity contribution in [2.75, 3.05) is 0 Å². The van der Waals surface area contributed by atoms with Gasteiger partial charge in [0.15, 0.2) is 0 Å². The van der Waals surface area contributed by atoms with E-state index in [0.29, 0.717) is 5.56 Å². The van der Waals surface area contributed by atoms with Crippen LogP contribution in [0.4, 0.5) is 13.2 Å². The fourth-order valence-electron chi connectivity index (χ4n) is 1.64. The largest absolute Gasteiger partial charge is 0.481 e. The Morgan fingerprint density at radius 2 is 1.95 bits per heavy atom. The van der Waals surface area contributed by atoms with E-state index in [-0.39, 0.29) is 13.0 Å². The lowest BCUT2D eigenvalue weighted by molar-refractivity contribution is -0.138. The van der Waals surface area contributed by atoms with E-state index in [1.807, 2.05) is 0 Å². The highest BCUT2D eigenvalue weighted by Crippen LogP contribution is 2.29. The summed E-state index contributed by atoms with van der Waals surface area (Å²) in [4.78, 5) is 10.6. The molecule has 1 rings (SSSR count). The van der Waals surface area contributed by atoms with Crippen LogP contribution in [0.25, 0.3) is 0 Å². The molecule has 2 N–H and O–H groups in total. The van der Waals surface area contributed by atoms with E-state index in [2.05, 4.69) is 5.32 Å². The third-order valence-corrected chi connectivity index (χ3v) is 2.62. The standard InChI is InChI=1S/C13H16F3NO2/c1-12(2,7-11(18)19)17-8-9-4-3-5-10(6-9)13(14,15)16/h3-6,17H,7-8H2,1-2H3,(H,18,19). The van der Waals surface area contributed by atoms with Crippen LogP contribution in [0.15, 0.2) is 24.3 Å². The highest BCUT2D eigenvalue weighted by atomic mass is 19.4. The number of carboxylic acids is 1. The zero-order valence-electron chi connectivity index (χ0n) is 10.7. The molecule has 0 atom stereocenters. The molecule has 0 bridgehead atoms. The van der Waals surface area contributed by atoms with Gasteiger partial charge in [-0.1, -0.05) is 18.2 Å². The smallest absolute Gasteiger partial charge is 0.416 e. The molecule has 0 fully saturated rings. The van der Waals surface area contributed by atoms with Crippen molar-refractivity contribution in [1.82, 2.24) is 5.32 Å². The predicted molar refractivity (Wildman–Crippen MR) is 64.6 cm³/mol. The summed E-state index contributed by atoms with van der Waals surface area (Å²) in [5.74, 6) is -0.957. The summed E-state index contributed by atoms with van der Waals surface area (Å²) >= 11 is 0. The molecule has 106 valence electrons. The molecular weight excluding hydrogens is 259 g/mol. The predicted octanol–water partition coefficient (Wildman–Crippen LogP) is 3.05. The Morgan fingerprint density at radius 1 is 1.32 bits per heavy atom. The fraction of sp³-hybridized carbons (Fsp3) is 0.462. The molecule has 0 aliphatic rings. The summed E-state index contributed by atoms with van der Waals surface area (Å²) in [7, 11) is 0. The second-order valence-corrected chi connectivity index (χ2v) is 5.01. The van der Waals surface area contributed by atoms with Gasteiger partial charge in [0.2, 0.25) is 0 Å². The Morgan fingerprint density at radius 3 is 2.47 bits per heavy atom. The van der Waals surface area contributed by atoms with Crippen LogP contribution >= 0.6 is 0 Å². The molecule has 0 aliphatic carbocycles. The van der Waals surface area contributed by atoms with Gasteiger partial charge in [-0.2, -0.15) is 13.2 Å². The number of carbonyl (C=O) groups is 1. The first kappa shape index (κ1) is 15.5. The zero-order chi connectivity index (χ0) is 14.7. The van der Waals surface area contributed by atoms with Gasteiger partial charge in [0.05, 0.1) is 12.0 Å². The first-order chi connectivity index (χ1) is 8.60. The van der Waals surface area contributed by atoms with Crippen molar-refractivity contribution in [3.8, 4) is 0 Å². The summed E-state index contributed by atoms with van der Waals surface area (Å²) in [6.07, 6.45) is -4.47. The number of carboxylic acid groups (broad SMARTS) is 1. The topological polar surface area (TPSA) is 49.3 Å². The summed E-state index contributed by atoms with van der Waals surface area (Å²) in [5.41, 5.74) is -0.920. The molecule has 1 aromatic carbocycles. The second kappa shape index (κ2) is 5.61. The molecule has 0 spiro atoms. The number of benzene rings is 1. The SMILES string of the molecule is CC(C)(CC(=O)O)NCc1cccc(C(F)(F)F)c1. The quantitative estimate of drug-likeness (QED) is 0.868. The molecule has 0 saturated carbocycles. The summed E-state index contributed by atoms with van der Waals surface area (Å²) in [5, 5.41) is 11.6. The number of hydrogen-bond acceptors (Lipinski definition) is 2. The minimum atomic E-state index is -4.37. The lowest BCUT2D eigenvalue weighted by Crippen LogP contribution is -2.40. The summed E-state index contributed by atoms with van der Waals surface area (Å²) < 4.78 is 37.5. The average Bonchev–Trinajstić information content (AvgIpc) is 2.24. The monoisotopic (exact) mass is 275 g/mol. The van der Waals surface area contributed by atoms with E-state index in [9.17, 15) is 18.0 Å². The van der Waals surface area contributed by atoms with E-state index in [1.165, 1.54) is 6.07 Å². The summed E-state index contributed by atoms with van der Waals surface area (Å²) in [6.45, 7) is 3.56. The van der Waals surface area contributed by atoms with Crippen LogP contribution in [0, 0.1) is 0 Å². The molecule has 0 heterocycles. The normalized spacial score (nSPS) is 12.5. The number of rotatable bonds is 5. The highest BCUT2D eigenvalue weighted by molar-refractivity contribution is 5.68. The maximum Gasteiger partial charge on any atom is 0.416 e. The molecule has 6 heteroatoms. The zero-order valence-corrected chi connectivity index (χ0v) is 10.7. The van der Waals surface area contributed by atoms with E-state index in [0.717, 1.165) is 12.1 Å². The first-order valence-electron chi connectivity index (χ1n) is 5.73. The van der Waals surface area contributed by atoms with Crippen LogP contribution < -0.4 is 5.32 Å². The number of nitrogens with one attached hydrogen (secondary N) is 1. The third-order valence-electron chi connectivity index (χ3n) is 2.62. The molecule has 0 amide bonds. The Bertz CT molecular complexity index is 455. The average molecular weight is 275 g/mol. The molecule has 0 aromatic heterocycles. The summed E-state index contributed by atoms with van der Waals surface area (Å²) in [6, 6.07) is 4.97. The van der Waals surface area contributed by atoms with E-state index in [4.69, 9.17) is 5.11 Å². The molecular formula is C13H16F3NO2. The minimum absolute atomic E-state index is 0.105. The van der Waals surface area contributed by atoms with E-state index < -0.39 is 23.2 Å². The lowest BCUT2D eigenvalue weighted by atomic mass is 10.00. The minimum Gasteiger partial charge on any atom is -0.481 e. The molecule has 0 radical (unpaired) electrons. The van der Waals surface area contributed by atoms with Gasteiger partial charge in [-0.25, -0.2) is 0 Å². The third kappa shape index (κ3) is 5.30. The van der Waals surface area contributed by atoms with Crippen LogP contribution in [-0.4, -0.2) is 16.6 Å². The van der Waals surface area contributed by atoms with Crippen LogP contribution in [0.3, 0.4) is 0 Å². The Kier molecular flexibility index (Phi) is 4.57. The van der Waals surface area contributed by atoms with Crippen molar-refractivity contribution in [2.45, 2.75) is 38.5 Å². The molecule has 19 heavy (non-hydrogen) atoms. The molecule has 1 aromatic rings. The van der Waals surface area contributed by atoms with Gasteiger partial charge in [-0.3, -0.25) is 4.79 Å². The molecule has 0 unspecified atom stereocenters. The van der Waals surface area contributed by atoms with Crippen LogP contribution in [0.5, 0.6) is 0 Å². The Labute approximate surface area is 109 Å². The number of alkyl halides is 3. The van der Waals surface area contributed by atoms with Gasteiger partial charge < -0.3 is 10.4 Å². The van der Waals surface area contributed by atoms with Crippen LogP contribution in [0.1, 0.15) is 31.4 Å². The van der Waals surface area contributed by atoms with Crippen molar-refractivity contribution in [2.24, 2.45) is 0 Å². The van der Waals surface area contributed by atoms with Crippen molar-refractivity contribution < 1.29 is 23.1 Å². The van der Waals surface area contributed by atoms with Gasteiger partial charge >= 0.3 is 12.1 Å². The van der Waals surface area contributed by atoms with Crippen molar-refractivity contribution in [1.29, 1.82) is 0 Å². The number of hydrogen-bond donors (Lipinski definition) is 2. The Balaban J connectivity index is 2.71. The van der Waals surface area contributed by atoms with Gasteiger partial charge in [-0.15, -0.1) is 0 Å². The second-order valence-electron chi connectivity index (χ2n) is 5.01. The van der Waals surface area contributed by atoms with Gasteiger partial charge in [0, 0.05) is 12.1 Å². The van der Waals surface area contributed by atoms with Crippen molar-refractivity contribution in [3.05, 3.63) is 35.4 Å². The number of aliphatic carboxylic acids is 1. The van der Waals surface area contributed by atoms with Crippen molar-refractivity contribution in [3.63, 3.8) is 0 Å². The van der Waals surface area contributed by atoms with Gasteiger partial charge in [-0.05, 0) is 25.5 Å². The van der Waals surface area contributed by atoms with Crippen molar-refractivity contribution >= 4 is 5.97 Å². The lowest BCUT2D eigenvalue weighted by Gasteiger charge is -2.24.